The summed E-state index contributed by atoms with van der Waals surface area (Å²) in [6.45, 7) is 6.58. The van der Waals surface area contributed by atoms with Crippen LogP contribution in [0.2, 0.25) is 0 Å². The van der Waals surface area contributed by atoms with Crippen molar-refractivity contribution in [3.05, 3.63) is 59.2 Å². The lowest BCUT2D eigenvalue weighted by Crippen LogP contribution is -2.49. The van der Waals surface area contributed by atoms with E-state index in [0.29, 0.717) is 0 Å². The highest BCUT2D eigenvalue weighted by molar-refractivity contribution is 5.53. The fourth-order valence-electron chi connectivity index (χ4n) is 3.13. The summed E-state index contributed by atoms with van der Waals surface area (Å²) in [5.74, 6) is 0.762. The highest BCUT2D eigenvalue weighted by Gasteiger charge is 2.43. The second-order valence-corrected chi connectivity index (χ2v) is 6.90. The van der Waals surface area contributed by atoms with E-state index in [2.05, 4.69) is 36.5 Å². The number of fused-ring (bicyclic) bond motifs is 1. The van der Waals surface area contributed by atoms with Crippen molar-refractivity contribution in [3.63, 3.8) is 0 Å². The zero-order chi connectivity index (χ0) is 17.3. The molecule has 24 heavy (non-hydrogen) atoms. The van der Waals surface area contributed by atoms with Crippen LogP contribution in [0.15, 0.2) is 42.5 Å². The number of aryl methyl sites for hydroxylation is 1. The van der Waals surface area contributed by atoms with Crippen molar-refractivity contribution in [1.29, 1.82) is 0 Å². The van der Waals surface area contributed by atoms with Gasteiger partial charge in [-0.1, -0.05) is 29.8 Å². The zero-order valence-electron chi connectivity index (χ0n) is 14.7. The van der Waals surface area contributed by atoms with Gasteiger partial charge in [-0.2, -0.15) is 0 Å². The van der Waals surface area contributed by atoms with Gasteiger partial charge in [0, 0.05) is 24.9 Å². The largest absolute Gasteiger partial charge is 0.485 e. The maximum atomic E-state index is 10.5. The summed E-state index contributed by atoms with van der Waals surface area (Å²) < 4.78 is 11.5. The first-order valence-corrected chi connectivity index (χ1v) is 8.24. The maximum Gasteiger partial charge on any atom is 0.132 e. The van der Waals surface area contributed by atoms with E-state index in [1.54, 1.807) is 7.11 Å². The minimum absolute atomic E-state index is 0.399. The zero-order valence-corrected chi connectivity index (χ0v) is 14.7. The molecular formula is C20H25NO3. The molecule has 0 bridgehead atoms. The number of anilines is 1. The number of aliphatic hydroxyl groups excluding tert-OH is 1. The van der Waals surface area contributed by atoms with Gasteiger partial charge in [0.05, 0.1) is 0 Å². The Morgan fingerprint density at radius 1 is 1.21 bits per heavy atom. The van der Waals surface area contributed by atoms with Crippen molar-refractivity contribution in [2.75, 3.05) is 12.4 Å². The molecule has 1 aliphatic rings. The third-order valence-electron chi connectivity index (χ3n) is 4.52. The molecule has 0 saturated carbocycles. The van der Waals surface area contributed by atoms with Gasteiger partial charge in [0.1, 0.15) is 23.6 Å². The lowest BCUT2D eigenvalue weighted by molar-refractivity contribution is -0.124. The van der Waals surface area contributed by atoms with E-state index in [4.69, 9.17) is 9.47 Å². The topological polar surface area (TPSA) is 50.7 Å². The summed E-state index contributed by atoms with van der Waals surface area (Å²) >= 11 is 0. The molecule has 4 nitrogen and oxygen atoms in total. The van der Waals surface area contributed by atoms with Crippen molar-refractivity contribution in [2.45, 2.75) is 45.1 Å². The van der Waals surface area contributed by atoms with Crippen LogP contribution in [0.3, 0.4) is 0 Å². The molecule has 2 aromatic carbocycles. The Labute approximate surface area is 143 Å². The highest BCUT2D eigenvalue weighted by Crippen LogP contribution is 2.42. The van der Waals surface area contributed by atoms with Crippen molar-refractivity contribution in [3.8, 4) is 5.75 Å². The molecular weight excluding hydrogens is 302 g/mol. The molecule has 0 aromatic heterocycles. The van der Waals surface area contributed by atoms with Crippen LogP contribution in [0, 0.1) is 6.92 Å². The number of methoxy groups -OCH3 is 1. The van der Waals surface area contributed by atoms with Crippen molar-refractivity contribution in [1.82, 2.24) is 0 Å². The van der Waals surface area contributed by atoms with Gasteiger partial charge in [-0.15, -0.1) is 0 Å². The second kappa shape index (κ2) is 6.46. The van der Waals surface area contributed by atoms with Gasteiger partial charge in [-0.3, -0.25) is 0 Å². The third-order valence-corrected chi connectivity index (χ3v) is 4.52. The Kier molecular flexibility index (Phi) is 4.52. The van der Waals surface area contributed by atoms with Gasteiger partial charge >= 0.3 is 0 Å². The van der Waals surface area contributed by atoms with Crippen LogP contribution in [0.4, 0.5) is 5.69 Å². The molecule has 128 valence electrons. The predicted molar refractivity (Wildman–Crippen MR) is 95.4 cm³/mol. The lowest BCUT2D eigenvalue weighted by Gasteiger charge is -2.41. The van der Waals surface area contributed by atoms with Gasteiger partial charge in [0.15, 0.2) is 0 Å². The van der Waals surface area contributed by atoms with E-state index in [9.17, 15) is 5.11 Å². The Balaban J connectivity index is 1.82. The van der Waals surface area contributed by atoms with E-state index in [0.717, 1.165) is 23.5 Å². The number of aliphatic hydroxyl groups is 1. The van der Waals surface area contributed by atoms with Crippen molar-refractivity contribution >= 4 is 5.69 Å². The first-order chi connectivity index (χ1) is 11.4. The Hall–Kier alpha value is -2.04. The summed E-state index contributed by atoms with van der Waals surface area (Å²) in [5, 5.41) is 13.9. The molecule has 3 rings (SSSR count). The first kappa shape index (κ1) is 16.8. The Bertz CT molecular complexity index is 727. The Morgan fingerprint density at radius 3 is 2.71 bits per heavy atom. The minimum atomic E-state index is -0.720. The number of rotatable bonds is 4. The summed E-state index contributed by atoms with van der Waals surface area (Å²) in [4.78, 5) is 0. The fraction of sp³-hybridized carbons (Fsp3) is 0.400. The maximum absolute atomic E-state index is 10.5. The summed E-state index contributed by atoms with van der Waals surface area (Å²) in [5.41, 5.74) is 3.65. The van der Waals surface area contributed by atoms with E-state index in [1.165, 1.54) is 11.1 Å². The standard InChI is InChI=1S/C20H25NO3/c1-13-6-5-7-14(10-13)12-21-15-8-9-17-16(11-15)18(23-4)19(22)20(2,3)24-17/h5-11,18-19,21-22H,12H2,1-4H3/t18-,19+/m1/s1. The first-order valence-electron chi connectivity index (χ1n) is 8.24. The van der Waals surface area contributed by atoms with E-state index in [-0.39, 0.29) is 0 Å². The molecule has 2 N–H and O–H groups in total. The monoisotopic (exact) mass is 327 g/mol. The van der Waals surface area contributed by atoms with Crippen LogP contribution in [0.25, 0.3) is 0 Å². The minimum Gasteiger partial charge on any atom is -0.485 e. The predicted octanol–water partition coefficient (Wildman–Crippen LogP) is 3.83. The summed E-state index contributed by atoms with van der Waals surface area (Å²) in [6, 6.07) is 14.4. The quantitative estimate of drug-likeness (QED) is 0.896. The molecule has 0 radical (unpaired) electrons. The molecule has 0 fully saturated rings. The number of benzene rings is 2. The number of ether oxygens (including phenoxy) is 2. The smallest absolute Gasteiger partial charge is 0.132 e. The van der Waals surface area contributed by atoms with Crippen LogP contribution >= 0.6 is 0 Å². The van der Waals surface area contributed by atoms with E-state index >= 15 is 0 Å². The normalized spacial score (nSPS) is 21.7. The van der Waals surface area contributed by atoms with E-state index < -0.39 is 17.8 Å². The van der Waals surface area contributed by atoms with Gasteiger partial charge in [0.25, 0.3) is 0 Å². The van der Waals surface area contributed by atoms with Crippen LogP contribution in [-0.4, -0.2) is 23.9 Å². The fourth-order valence-corrected chi connectivity index (χ4v) is 3.13. The van der Waals surface area contributed by atoms with Gasteiger partial charge < -0.3 is 19.9 Å². The van der Waals surface area contributed by atoms with Crippen molar-refractivity contribution < 1.29 is 14.6 Å². The van der Waals surface area contributed by atoms with Gasteiger partial charge in [0.2, 0.25) is 0 Å². The molecule has 1 heterocycles. The Morgan fingerprint density at radius 2 is 2.00 bits per heavy atom. The molecule has 4 heteroatoms. The van der Waals surface area contributed by atoms with Crippen LogP contribution in [0.1, 0.15) is 36.6 Å². The molecule has 0 spiro atoms. The number of hydrogen-bond donors (Lipinski definition) is 2. The van der Waals surface area contributed by atoms with Crippen LogP contribution < -0.4 is 10.1 Å². The SMILES string of the molecule is CO[C@@H]1c2cc(NCc3cccc(C)c3)ccc2OC(C)(C)[C@H]1O. The summed E-state index contributed by atoms with van der Waals surface area (Å²) in [6.07, 6.45) is -1.12. The second-order valence-electron chi connectivity index (χ2n) is 6.90. The summed E-state index contributed by atoms with van der Waals surface area (Å²) in [7, 11) is 1.62. The molecule has 0 unspecified atom stereocenters. The molecule has 0 amide bonds. The third kappa shape index (κ3) is 3.25. The van der Waals surface area contributed by atoms with Gasteiger partial charge in [-0.25, -0.2) is 0 Å². The van der Waals surface area contributed by atoms with Crippen LogP contribution in [0.5, 0.6) is 5.75 Å². The molecule has 0 saturated heterocycles. The van der Waals surface area contributed by atoms with Gasteiger partial charge in [-0.05, 0) is 44.5 Å². The lowest BCUT2D eigenvalue weighted by atomic mass is 9.88. The molecule has 2 atom stereocenters. The van der Waals surface area contributed by atoms with Crippen LogP contribution in [-0.2, 0) is 11.3 Å². The highest BCUT2D eigenvalue weighted by atomic mass is 16.5. The number of hydrogen-bond acceptors (Lipinski definition) is 4. The van der Waals surface area contributed by atoms with Crippen molar-refractivity contribution in [2.24, 2.45) is 0 Å². The average molecular weight is 327 g/mol. The van der Waals surface area contributed by atoms with E-state index in [1.807, 2.05) is 32.0 Å². The molecule has 0 aliphatic carbocycles. The number of nitrogens with one attached hydrogen (secondary N) is 1. The molecule has 1 aliphatic heterocycles. The average Bonchev–Trinajstić information content (AvgIpc) is 2.54. The molecule has 2 aromatic rings.